The summed E-state index contributed by atoms with van der Waals surface area (Å²) in [6.45, 7) is 10.5. The average molecular weight is 421 g/mol. The van der Waals surface area contributed by atoms with Gasteiger partial charge in [0.05, 0.1) is 0 Å². The van der Waals surface area contributed by atoms with Gasteiger partial charge in [0.15, 0.2) is 6.61 Å². The molecule has 0 saturated carbocycles. The molecule has 0 aromatic heterocycles. The van der Waals surface area contributed by atoms with Gasteiger partial charge in [-0.2, -0.15) is 5.26 Å². The van der Waals surface area contributed by atoms with Crippen molar-refractivity contribution in [3.63, 3.8) is 0 Å². The van der Waals surface area contributed by atoms with E-state index < -0.39 is 36.4 Å². The van der Waals surface area contributed by atoms with Gasteiger partial charge in [-0.3, -0.25) is 0 Å². The van der Waals surface area contributed by atoms with E-state index in [0.29, 0.717) is 12.0 Å². The summed E-state index contributed by atoms with van der Waals surface area (Å²) in [5.74, 6) is -0.755. The first kappa shape index (κ1) is 26.7. The summed E-state index contributed by atoms with van der Waals surface area (Å²) in [6.07, 6.45) is 6.31. The normalized spacial score (nSPS) is 12.1. The lowest BCUT2D eigenvalue weighted by Crippen LogP contribution is -2.44. The number of alkyl carbamates (subject to hydrolysis) is 2. The van der Waals surface area contributed by atoms with Gasteiger partial charge >= 0.3 is 18.2 Å². The summed E-state index contributed by atoms with van der Waals surface area (Å²) in [7, 11) is 0. The van der Waals surface area contributed by atoms with Crippen LogP contribution in [-0.4, -0.2) is 49.6 Å². The molecule has 0 rings (SSSR count). The van der Waals surface area contributed by atoms with Gasteiger partial charge in [-0.1, -0.05) is 30.9 Å². The lowest BCUT2D eigenvalue weighted by atomic mass is 10.1. The first-order valence-electron chi connectivity index (χ1n) is 9.50. The zero-order chi connectivity index (χ0) is 23.0. The Kier molecular flexibility index (Phi) is 13.1. The van der Waals surface area contributed by atoms with Crippen LogP contribution in [0.3, 0.4) is 0 Å². The zero-order valence-electron chi connectivity index (χ0n) is 18.0. The Labute approximate surface area is 177 Å². The third kappa shape index (κ3) is 14.7. The maximum atomic E-state index is 12.0. The van der Waals surface area contributed by atoms with Crippen molar-refractivity contribution in [2.24, 2.45) is 0 Å². The van der Waals surface area contributed by atoms with Crippen LogP contribution >= 0.6 is 0 Å². The number of hydrogen-bond donors (Lipinski definition) is 2. The van der Waals surface area contributed by atoms with Crippen LogP contribution in [0.4, 0.5) is 9.59 Å². The maximum absolute atomic E-state index is 12.0. The first-order valence-corrected chi connectivity index (χ1v) is 9.50. The lowest BCUT2D eigenvalue weighted by molar-refractivity contribution is -0.144. The molecule has 2 amide bonds. The van der Waals surface area contributed by atoms with Gasteiger partial charge in [0, 0.05) is 6.54 Å². The van der Waals surface area contributed by atoms with Crippen molar-refractivity contribution in [1.82, 2.24) is 10.6 Å². The molecule has 0 heterocycles. The molecule has 166 valence electrons. The van der Waals surface area contributed by atoms with Gasteiger partial charge in [0.1, 0.15) is 24.3 Å². The van der Waals surface area contributed by atoms with Crippen LogP contribution in [0.5, 0.6) is 0 Å². The second-order valence-corrected chi connectivity index (χ2v) is 7.15. The number of esters is 1. The predicted molar refractivity (Wildman–Crippen MR) is 111 cm³/mol. The predicted octanol–water partition coefficient (Wildman–Crippen LogP) is 3.14. The third-order valence-electron chi connectivity index (χ3n) is 3.22. The van der Waals surface area contributed by atoms with Crippen LogP contribution in [0.1, 0.15) is 40.5 Å². The molecule has 0 fully saturated rings. The first-order chi connectivity index (χ1) is 14.1. The maximum Gasteiger partial charge on any atom is 0.408 e. The van der Waals surface area contributed by atoms with E-state index in [0.717, 1.165) is 0 Å². The van der Waals surface area contributed by atoms with Gasteiger partial charge < -0.3 is 24.8 Å². The summed E-state index contributed by atoms with van der Waals surface area (Å²) in [5.41, 5.74) is -0.104. The van der Waals surface area contributed by atoms with E-state index in [9.17, 15) is 14.4 Å². The number of ether oxygens (including phenoxy) is 3. The van der Waals surface area contributed by atoms with E-state index >= 15 is 0 Å². The van der Waals surface area contributed by atoms with Crippen LogP contribution in [0.2, 0.25) is 0 Å². The molecule has 0 aliphatic carbocycles. The molecule has 9 nitrogen and oxygen atoms in total. The Morgan fingerprint density at radius 1 is 1.17 bits per heavy atom. The molecule has 2 N–H and O–H groups in total. The molecule has 0 spiro atoms. The number of nitriles is 1. The minimum absolute atomic E-state index is 0.0448. The highest BCUT2D eigenvalue weighted by molar-refractivity contribution is 5.81. The Morgan fingerprint density at radius 3 is 2.47 bits per heavy atom. The number of amides is 2. The molecular formula is C21H31N3O6. The zero-order valence-corrected chi connectivity index (χ0v) is 18.0. The van der Waals surface area contributed by atoms with Crippen molar-refractivity contribution in [3.8, 4) is 6.07 Å². The van der Waals surface area contributed by atoms with E-state index in [-0.39, 0.29) is 19.6 Å². The van der Waals surface area contributed by atoms with Crippen molar-refractivity contribution >= 4 is 18.2 Å². The molecule has 0 bridgehead atoms. The second kappa shape index (κ2) is 14.7. The standard InChI is InChI=1S/C21H31N3O6/c1-6-7-8-10-16(2)15-29-19(26)23-13-9-11-17(18(25)28-14-12-22)24-20(27)30-21(3,4)5/h6-8,10,17H,2,9,11,13-15H2,1,3-5H3,(H,23,26)(H,24,27)/b7-6-,10-8-/t17-/m0/s1. The molecule has 9 heteroatoms. The SMILES string of the molecule is C=C(/C=C\C=C/C)COC(=O)NCCC[C@H](NC(=O)OC(C)(C)C)C(=O)OCC#N. The van der Waals surface area contributed by atoms with Crippen molar-refractivity contribution in [1.29, 1.82) is 5.26 Å². The molecule has 0 radical (unpaired) electrons. The summed E-state index contributed by atoms with van der Waals surface area (Å²) >= 11 is 0. The number of allylic oxidation sites excluding steroid dienone is 3. The number of rotatable bonds is 11. The van der Waals surface area contributed by atoms with E-state index in [4.69, 9.17) is 19.5 Å². The number of carbonyl (C=O) groups excluding carboxylic acids is 3. The van der Waals surface area contributed by atoms with E-state index in [1.807, 2.05) is 19.1 Å². The van der Waals surface area contributed by atoms with E-state index in [2.05, 4.69) is 17.2 Å². The minimum Gasteiger partial charge on any atom is -0.449 e. The minimum atomic E-state index is -1.01. The molecule has 0 aliphatic rings. The van der Waals surface area contributed by atoms with Crippen LogP contribution in [0.15, 0.2) is 36.5 Å². The van der Waals surface area contributed by atoms with Crippen LogP contribution in [0.25, 0.3) is 0 Å². The molecule has 0 aromatic carbocycles. The van der Waals surface area contributed by atoms with Gasteiger partial charge in [-0.15, -0.1) is 0 Å². The quantitative estimate of drug-likeness (QED) is 0.227. The van der Waals surface area contributed by atoms with Crippen molar-refractivity contribution in [2.45, 2.75) is 52.2 Å². The largest absolute Gasteiger partial charge is 0.449 e. The average Bonchev–Trinajstić information content (AvgIpc) is 2.65. The van der Waals surface area contributed by atoms with Gasteiger partial charge in [-0.25, -0.2) is 14.4 Å². The van der Waals surface area contributed by atoms with Crippen molar-refractivity contribution in [3.05, 3.63) is 36.5 Å². The molecule has 30 heavy (non-hydrogen) atoms. The number of nitrogens with one attached hydrogen (secondary N) is 2. The molecule has 0 saturated heterocycles. The summed E-state index contributed by atoms with van der Waals surface area (Å²) in [5, 5.41) is 13.5. The molecule has 0 unspecified atom stereocenters. The van der Waals surface area contributed by atoms with Gasteiger partial charge in [-0.05, 0) is 46.1 Å². The molecule has 0 aliphatic heterocycles. The second-order valence-electron chi connectivity index (χ2n) is 7.15. The Morgan fingerprint density at radius 2 is 1.87 bits per heavy atom. The smallest absolute Gasteiger partial charge is 0.408 e. The molecule has 0 aromatic rings. The van der Waals surface area contributed by atoms with Crippen molar-refractivity contribution < 1.29 is 28.6 Å². The number of carbonyl (C=O) groups is 3. The van der Waals surface area contributed by atoms with Crippen LogP contribution in [-0.2, 0) is 19.0 Å². The van der Waals surface area contributed by atoms with Gasteiger partial charge in [0.2, 0.25) is 0 Å². The Balaban J connectivity index is 4.44. The van der Waals surface area contributed by atoms with Gasteiger partial charge in [0.25, 0.3) is 0 Å². The van der Waals surface area contributed by atoms with E-state index in [1.54, 1.807) is 39.0 Å². The van der Waals surface area contributed by atoms with Crippen LogP contribution < -0.4 is 10.6 Å². The fourth-order valence-electron chi connectivity index (χ4n) is 1.96. The number of hydrogen-bond acceptors (Lipinski definition) is 7. The molecular weight excluding hydrogens is 390 g/mol. The summed E-state index contributed by atoms with van der Waals surface area (Å²) in [6, 6.07) is 0.679. The Bertz CT molecular complexity index is 686. The summed E-state index contributed by atoms with van der Waals surface area (Å²) < 4.78 is 14.9. The topological polar surface area (TPSA) is 127 Å². The molecule has 1 atom stereocenters. The highest BCUT2D eigenvalue weighted by atomic mass is 16.6. The highest BCUT2D eigenvalue weighted by Gasteiger charge is 2.25. The number of nitrogens with zero attached hydrogens (tertiary/aromatic N) is 1. The fourth-order valence-corrected chi connectivity index (χ4v) is 1.96. The Hall–Kier alpha value is -3.28. The fraction of sp³-hybridized carbons (Fsp3) is 0.524. The summed E-state index contributed by atoms with van der Waals surface area (Å²) in [4.78, 5) is 35.7. The highest BCUT2D eigenvalue weighted by Crippen LogP contribution is 2.08. The van der Waals surface area contributed by atoms with Crippen molar-refractivity contribution in [2.75, 3.05) is 19.8 Å². The monoisotopic (exact) mass is 421 g/mol. The third-order valence-corrected chi connectivity index (χ3v) is 3.22. The van der Waals surface area contributed by atoms with Crippen LogP contribution in [0, 0.1) is 11.3 Å². The lowest BCUT2D eigenvalue weighted by Gasteiger charge is -2.22. The van der Waals surface area contributed by atoms with E-state index in [1.165, 1.54) is 0 Å².